The van der Waals surface area contributed by atoms with Crippen molar-refractivity contribution in [3.05, 3.63) is 43.8 Å². The first-order valence-electron chi connectivity index (χ1n) is 6.23. The van der Waals surface area contributed by atoms with Crippen LogP contribution in [0.3, 0.4) is 0 Å². The molecule has 3 rings (SSSR count). The summed E-state index contributed by atoms with van der Waals surface area (Å²) in [6.07, 6.45) is 0.960. The average molecular weight is 293 g/mol. The van der Waals surface area contributed by atoms with E-state index in [2.05, 4.69) is 23.3 Å². The number of carboxylic acids is 1. The molecule has 5 heteroatoms. The third kappa shape index (κ3) is 2.33. The lowest BCUT2D eigenvalue weighted by atomic mass is 10.00. The Labute approximate surface area is 120 Å². The van der Waals surface area contributed by atoms with Gasteiger partial charge in [0.2, 0.25) is 0 Å². The number of rotatable bonds is 3. The second-order valence-corrected chi connectivity index (χ2v) is 6.79. The standard InChI is InChI=1S/C14H15NO2S2/c1-9-3-6-19-12(9)8-15-5-2-11-10(4-7-18-11)13(15)14(16)17/h3-4,6-7,13H,2,5,8H2,1H3,(H,16,17). The molecule has 2 aromatic rings. The van der Waals surface area contributed by atoms with Gasteiger partial charge in [-0.05, 0) is 47.4 Å². The highest BCUT2D eigenvalue weighted by atomic mass is 32.1. The summed E-state index contributed by atoms with van der Waals surface area (Å²) in [4.78, 5) is 16.2. The summed E-state index contributed by atoms with van der Waals surface area (Å²) in [5.74, 6) is -0.742. The Balaban J connectivity index is 1.90. The van der Waals surface area contributed by atoms with E-state index in [9.17, 15) is 9.90 Å². The van der Waals surface area contributed by atoms with Crippen LogP contribution in [0.4, 0.5) is 0 Å². The van der Waals surface area contributed by atoms with Gasteiger partial charge in [-0.15, -0.1) is 22.7 Å². The summed E-state index contributed by atoms with van der Waals surface area (Å²) in [6, 6.07) is 3.57. The molecule has 0 saturated heterocycles. The quantitative estimate of drug-likeness (QED) is 0.944. The predicted octanol–water partition coefficient (Wildman–Crippen LogP) is 3.30. The van der Waals surface area contributed by atoms with Gasteiger partial charge in [-0.1, -0.05) is 0 Å². The molecule has 0 spiro atoms. The fourth-order valence-corrected chi connectivity index (χ4v) is 4.41. The lowest BCUT2D eigenvalue weighted by Crippen LogP contribution is -2.38. The van der Waals surface area contributed by atoms with E-state index >= 15 is 0 Å². The monoisotopic (exact) mass is 293 g/mol. The Bertz CT molecular complexity index is 602. The van der Waals surface area contributed by atoms with Crippen molar-refractivity contribution >= 4 is 28.6 Å². The molecule has 3 nitrogen and oxygen atoms in total. The Morgan fingerprint density at radius 3 is 2.89 bits per heavy atom. The number of carbonyl (C=O) groups is 1. The molecule has 0 bridgehead atoms. The molecular formula is C14H15NO2S2. The summed E-state index contributed by atoms with van der Waals surface area (Å²) in [6.45, 7) is 3.64. The Morgan fingerprint density at radius 2 is 2.21 bits per heavy atom. The van der Waals surface area contributed by atoms with Gasteiger partial charge in [0.1, 0.15) is 6.04 Å². The first-order chi connectivity index (χ1) is 9.16. The number of thiophene rings is 2. The number of hydrogen-bond donors (Lipinski definition) is 1. The topological polar surface area (TPSA) is 40.5 Å². The third-order valence-electron chi connectivity index (χ3n) is 3.61. The van der Waals surface area contributed by atoms with Crippen LogP contribution in [0.1, 0.15) is 26.9 Å². The molecule has 0 aromatic carbocycles. The maximum Gasteiger partial charge on any atom is 0.325 e. The van der Waals surface area contributed by atoms with Crippen LogP contribution in [0.25, 0.3) is 0 Å². The molecule has 1 N–H and O–H groups in total. The van der Waals surface area contributed by atoms with Gasteiger partial charge < -0.3 is 5.11 Å². The van der Waals surface area contributed by atoms with Gasteiger partial charge in [-0.3, -0.25) is 9.69 Å². The van der Waals surface area contributed by atoms with E-state index in [4.69, 9.17) is 0 Å². The molecule has 0 radical (unpaired) electrons. The van der Waals surface area contributed by atoms with Crippen LogP contribution in [0.15, 0.2) is 22.9 Å². The van der Waals surface area contributed by atoms with Crippen LogP contribution in [0, 0.1) is 6.92 Å². The minimum Gasteiger partial charge on any atom is -0.480 e. The SMILES string of the molecule is Cc1ccsc1CN1CCc2sccc2C1C(=O)O. The second kappa shape index (κ2) is 5.07. The number of carboxylic acid groups (broad SMARTS) is 1. The lowest BCUT2D eigenvalue weighted by Gasteiger charge is -2.32. The number of hydrogen-bond acceptors (Lipinski definition) is 4. The molecular weight excluding hydrogens is 278 g/mol. The molecule has 100 valence electrons. The number of nitrogens with zero attached hydrogens (tertiary/aromatic N) is 1. The van der Waals surface area contributed by atoms with Crippen molar-refractivity contribution in [2.24, 2.45) is 0 Å². The van der Waals surface area contributed by atoms with Crippen molar-refractivity contribution in [3.8, 4) is 0 Å². The van der Waals surface area contributed by atoms with E-state index < -0.39 is 12.0 Å². The smallest absolute Gasteiger partial charge is 0.325 e. The molecule has 0 aliphatic carbocycles. The van der Waals surface area contributed by atoms with Crippen LogP contribution in [-0.2, 0) is 17.8 Å². The van der Waals surface area contributed by atoms with E-state index in [-0.39, 0.29) is 0 Å². The molecule has 19 heavy (non-hydrogen) atoms. The second-order valence-electron chi connectivity index (χ2n) is 4.79. The summed E-state index contributed by atoms with van der Waals surface area (Å²) in [5.41, 5.74) is 2.24. The molecule has 0 saturated carbocycles. The van der Waals surface area contributed by atoms with Crippen molar-refractivity contribution < 1.29 is 9.90 Å². The highest BCUT2D eigenvalue weighted by Gasteiger charge is 2.33. The highest BCUT2D eigenvalue weighted by Crippen LogP contribution is 2.35. The van der Waals surface area contributed by atoms with Crippen molar-refractivity contribution in [2.45, 2.75) is 25.9 Å². The van der Waals surface area contributed by atoms with Crippen LogP contribution in [0.2, 0.25) is 0 Å². The Kier molecular flexibility index (Phi) is 3.43. The maximum absolute atomic E-state index is 11.6. The Morgan fingerprint density at radius 1 is 1.42 bits per heavy atom. The lowest BCUT2D eigenvalue weighted by molar-refractivity contribution is -0.144. The van der Waals surface area contributed by atoms with E-state index in [1.165, 1.54) is 15.3 Å². The zero-order chi connectivity index (χ0) is 13.4. The first kappa shape index (κ1) is 12.8. The Hall–Kier alpha value is -1.17. The van der Waals surface area contributed by atoms with Gasteiger partial charge in [0.15, 0.2) is 0 Å². The predicted molar refractivity (Wildman–Crippen MR) is 77.9 cm³/mol. The minimum atomic E-state index is -0.742. The molecule has 2 aromatic heterocycles. The molecule has 1 aliphatic rings. The summed E-state index contributed by atoms with van der Waals surface area (Å²) < 4.78 is 0. The number of fused-ring (bicyclic) bond motifs is 1. The van der Waals surface area contributed by atoms with Gasteiger partial charge in [0.25, 0.3) is 0 Å². The van der Waals surface area contributed by atoms with Crippen molar-refractivity contribution in [1.29, 1.82) is 0 Å². The van der Waals surface area contributed by atoms with Gasteiger partial charge in [0, 0.05) is 22.8 Å². The maximum atomic E-state index is 11.6. The number of aryl methyl sites for hydroxylation is 1. The van der Waals surface area contributed by atoms with Gasteiger partial charge in [0.05, 0.1) is 0 Å². The van der Waals surface area contributed by atoms with Crippen LogP contribution < -0.4 is 0 Å². The molecule has 0 fully saturated rings. The zero-order valence-electron chi connectivity index (χ0n) is 10.6. The van der Waals surface area contributed by atoms with Crippen molar-refractivity contribution in [2.75, 3.05) is 6.54 Å². The summed E-state index contributed by atoms with van der Waals surface area (Å²) >= 11 is 3.38. The van der Waals surface area contributed by atoms with E-state index in [0.29, 0.717) is 0 Å². The number of aliphatic carboxylic acids is 1. The van der Waals surface area contributed by atoms with Gasteiger partial charge >= 0.3 is 5.97 Å². The van der Waals surface area contributed by atoms with Crippen LogP contribution in [0.5, 0.6) is 0 Å². The van der Waals surface area contributed by atoms with Gasteiger partial charge in [-0.25, -0.2) is 0 Å². The molecule has 3 heterocycles. The molecule has 1 unspecified atom stereocenters. The van der Waals surface area contributed by atoms with Crippen molar-refractivity contribution in [3.63, 3.8) is 0 Å². The molecule has 0 amide bonds. The summed E-state index contributed by atoms with van der Waals surface area (Å²) in [5, 5.41) is 13.6. The minimum absolute atomic E-state index is 0.489. The van der Waals surface area contributed by atoms with E-state index in [0.717, 1.165) is 25.1 Å². The fourth-order valence-electron chi connectivity index (χ4n) is 2.58. The van der Waals surface area contributed by atoms with Crippen LogP contribution in [-0.4, -0.2) is 22.5 Å². The largest absolute Gasteiger partial charge is 0.480 e. The van der Waals surface area contributed by atoms with Crippen molar-refractivity contribution in [1.82, 2.24) is 4.90 Å². The van der Waals surface area contributed by atoms with Crippen LogP contribution >= 0.6 is 22.7 Å². The van der Waals surface area contributed by atoms with Gasteiger partial charge in [-0.2, -0.15) is 0 Å². The first-order valence-corrected chi connectivity index (χ1v) is 7.99. The molecule has 1 aliphatic heterocycles. The molecule has 1 atom stereocenters. The fraction of sp³-hybridized carbons (Fsp3) is 0.357. The van der Waals surface area contributed by atoms with E-state index in [1.54, 1.807) is 22.7 Å². The van der Waals surface area contributed by atoms with E-state index in [1.807, 2.05) is 11.4 Å². The normalized spacial score (nSPS) is 19.3. The summed E-state index contributed by atoms with van der Waals surface area (Å²) in [7, 11) is 0. The zero-order valence-corrected chi connectivity index (χ0v) is 12.3. The third-order valence-corrected chi connectivity index (χ3v) is 5.62. The highest BCUT2D eigenvalue weighted by molar-refractivity contribution is 7.10. The average Bonchev–Trinajstić information content (AvgIpc) is 2.98.